The van der Waals surface area contributed by atoms with Crippen LogP contribution in [0.15, 0.2) is 109 Å². The van der Waals surface area contributed by atoms with Crippen molar-refractivity contribution in [1.29, 1.82) is 0 Å². The first-order valence-electron chi connectivity index (χ1n) is 15.4. The first-order chi connectivity index (χ1) is 20.6. The van der Waals surface area contributed by atoms with Gasteiger partial charge in [0, 0.05) is 45.7 Å². The van der Waals surface area contributed by atoms with E-state index in [1.54, 1.807) is 0 Å². The van der Waals surface area contributed by atoms with E-state index in [0.29, 0.717) is 12.1 Å². The van der Waals surface area contributed by atoms with Gasteiger partial charge in [0.2, 0.25) is 0 Å². The van der Waals surface area contributed by atoms with Crippen LogP contribution in [0.5, 0.6) is 0 Å². The molecular formula is C38H36N4. The Morgan fingerprint density at radius 1 is 0.619 bits per heavy atom. The molecule has 0 N–H and O–H groups in total. The van der Waals surface area contributed by atoms with E-state index in [0.717, 1.165) is 40.3 Å². The van der Waals surface area contributed by atoms with Gasteiger partial charge in [0.05, 0.1) is 16.7 Å². The number of anilines is 1. The Morgan fingerprint density at radius 3 is 2.14 bits per heavy atom. The maximum absolute atomic E-state index is 5.19. The molecule has 208 valence electrons. The van der Waals surface area contributed by atoms with Crippen molar-refractivity contribution < 1.29 is 0 Å². The summed E-state index contributed by atoms with van der Waals surface area (Å²) in [6.45, 7) is 4.87. The number of hydrogen-bond acceptors (Lipinski definition) is 3. The Kier molecular flexibility index (Phi) is 6.10. The molecule has 3 heterocycles. The third kappa shape index (κ3) is 4.28. The molecular weight excluding hydrogens is 512 g/mol. The van der Waals surface area contributed by atoms with Crippen LogP contribution in [0.3, 0.4) is 0 Å². The van der Waals surface area contributed by atoms with Gasteiger partial charge >= 0.3 is 0 Å². The summed E-state index contributed by atoms with van der Waals surface area (Å²) >= 11 is 0. The number of hydrogen-bond donors (Lipinski definition) is 0. The van der Waals surface area contributed by atoms with Crippen LogP contribution in [0.2, 0.25) is 0 Å². The quantitative estimate of drug-likeness (QED) is 0.220. The summed E-state index contributed by atoms with van der Waals surface area (Å²) in [6, 6.07) is 39.9. The molecule has 0 amide bonds. The van der Waals surface area contributed by atoms with Crippen LogP contribution in [-0.4, -0.2) is 26.6 Å². The topological polar surface area (TPSA) is 34.0 Å². The van der Waals surface area contributed by atoms with Gasteiger partial charge in [-0.3, -0.25) is 4.57 Å². The zero-order chi connectivity index (χ0) is 28.2. The zero-order valence-corrected chi connectivity index (χ0v) is 24.3. The molecule has 1 saturated heterocycles. The summed E-state index contributed by atoms with van der Waals surface area (Å²) in [6.07, 6.45) is 5.33. The number of nitrogens with zero attached hydrogens (tertiary/aromatic N) is 4. The molecule has 8 rings (SSSR count). The number of piperidine rings is 1. The van der Waals surface area contributed by atoms with E-state index in [2.05, 4.69) is 108 Å². The average molecular weight is 549 g/mol. The maximum Gasteiger partial charge on any atom is 0.162 e. The molecule has 1 aliphatic heterocycles. The standard InChI is InChI=1S/C38H36N4/c1-25-19-27-21-26(2)41(31(20-25)22-27)30-17-18-36-33(23-30)32-15-9-10-16-35(32)42(36)37-24-34(28-11-5-3-6-12-28)39-38(40-37)29-13-7-4-8-14-29/h3-18,23-27,31H,19-22H2,1-2H3. The lowest BCUT2D eigenvalue weighted by Gasteiger charge is -2.50. The van der Waals surface area contributed by atoms with E-state index in [-0.39, 0.29) is 0 Å². The normalized spacial score (nSPS) is 22.1. The number of para-hydroxylation sites is 1. The monoisotopic (exact) mass is 548 g/mol. The van der Waals surface area contributed by atoms with Gasteiger partial charge < -0.3 is 4.90 Å². The van der Waals surface area contributed by atoms with E-state index >= 15 is 0 Å². The fourth-order valence-electron chi connectivity index (χ4n) is 7.94. The minimum Gasteiger partial charge on any atom is -0.366 e. The maximum atomic E-state index is 5.19. The van der Waals surface area contributed by atoms with Gasteiger partial charge in [0.25, 0.3) is 0 Å². The lowest BCUT2D eigenvalue weighted by atomic mass is 9.72. The summed E-state index contributed by atoms with van der Waals surface area (Å²) in [4.78, 5) is 13.0. The Bertz CT molecular complexity index is 1830. The van der Waals surface area contributed by atoms with Gasteiger partial charge in [-0.25, -0.2) is 9.97 Å². The molecule has 4 aromatic carbocycles. The summed E-state index contributed by atoms with van der Waals surface area (Å²) in [5, 5.41) is 2.54. The predicted molar refractivity (Wildman–Crippen MR) is 174 cm³/mol. The fourth-order valence-corrected chi connectivity index (χ4v) is 7.94. The van der Waals surface area contributed by atoms with Crippen LogP contribution in [0, 0.1) is 11.8 Å². The SMILES string of the molecule is CC1CC2CC(C)N(c3ccc4c(c3)c3ccccc3n4-c3cc(-c4ccccc4)nc(-c4ccccc4)n3)C(C1)C2. The lowest BCUT2D eigenvalue weighted by Crippen LogP contribution is -2.51. The minimum absolute atomic E-state index is 0.566. The number of rotatable bonds is 4. The Morgan fingerprint density at radius 2 is 1.33 bits per heavy atom. The summed E-state index contributed by atoms with van der Waals surface area (Å²) < 4.78 is 2.33. The van der Waals surface area contributed by atoms with Crippen molar-refractivity contribution in [1.82, 2.24) is 14.5 Å². The van der Waals surface area contributed by atoms with E-state index in [1.807, 2.05) is 24.3 Å². The molecule has 4 atom stereocenters. The summed E-state index contributed by atoms with van der Waals surface area (Å²) in [7, 11) is 0. The third-order valence-corrected chi connectivity index (χ3v) is 9.56. The smallest absolute Gasteiger partial charge is 0.162 e. The lowest BCUT2D eigenvalue weighted by molar-refractivity contribution is 0.179. The van der Waals surface area contributed by atoms with Crippen molar-refractivity contribution in [2.45, 2.75) is 51.6 Å². The second kappa shape index (κ2) is 10.1. The van der Waals surface area contributed by atoms with Crippen molar-refractivity contribution in [2.24, 2.45) is 11.8 Å². The largest absolute Gasteiger partial charge is 0.366 e. The van der Waals surface area contributed by atoms with Crippen molar-refractivity contribution in [2.75, 3.05) is 4.90 Å². The van der Waals surface area contributed by atoms with Gasteiger partial charge in [-0.15, -0.1) is 0 Å². The molecule has 1 aliphatic carbocycles. The number of aromatic nitrogens is 3. The van der Waals surface area contributed by atoms with Crippen LogP contribution < -0.4 is 4.90 Å². The molecule has 2 aliphatic rings. The van der Waals surface area contributed by atoms with Crippen molar-refractivity contribution >= 4 is 27.5 Å². The predicted octanol–water partition coefficient (Wildman–Crippen LogP) is 9.31. The molecule has 4 unspecified atom stereocenters. The molecule has 2 fully saturated rings. The molecule has 6 aromatic rings. The number of fused-ring (bicyclic) bond motifs is 5. The highest BCUT2D eigenvalue weighted by Gasteiger charge is 2.38. The van der Waals surface area contributed by atoms with Gasteiger partial charge in [-0.2, -0.15) is 0 Å². The first kappa shape index (κ1) is 25.3. The second-order valence-corrected chi connectivity index (χ2v) is 12.5. The molecule has 0 spiro atoms. The Hall–Kier alpha value is -4.44. The van der Waals surface area contributed by atoms with Crippen LogP contribution in [0.25, 0.3) is 50.3 Å². The van der Waals surface area contributed by atoms with E-state index in [1.165, 1.54) is 53.2 Å². The third-order valence-electron chi connectivity index (χ3n) is 9.56. The Balaban J connectivity index is 1.32. The molecule has 4 heteroatoms. The summed E-state index contributed by atoms with van der Waals surface area (Å²) in [5.74, 6) is 3.31. The van der Waals surface area contributed by atoms with E-state index in [4.69, 9.17) is 9.97 Å². The average Bonchev–Trinajstić information content (AvgIpc) is 3.35. The molecule has 1 saturated carbocycles. The molecule has 4 nitrogen and oxygen atoms in total. The number of benzene rings is 4. The second-order valence-electron chi connectivity index (χ2n) is 12.5. The van der Waals surface area contributed by atoms with Crippen molar-refractivity contribution in [3.8, 4) is 28.5 Å². The van der Waals surface area contributed by atoms with Crippen LogP contribution in [0.4, 0.5) is 5.69 Å². The van der Waals surface area contributed by atoms with Crippen LogP contribution >= 0.6 is 0 Å². The van der Waals surface area contributed by atoms with E-state index < -0.39 is 0 Å². The van der Waals surface area contributed by atoms with Gasteiger partial charge in [0.15, 0.2) is 5.82 Å². The fraction of sp³-hybridized carbons (Fsp3) is 0.263. The van der Waals surface area contributed by atoms with Crippen molar-refractivity contribution in [3.05, 3.63) is 109 Å². The molecule has 42 heavy (non-hydrogen) atoms. The highest BCUT2D eigenvalue weighted by atomic mass is 15.2. The van der Waals surface area contributed by atoms with E-state index in [9.17, 15) is 0 Å². The Labute approximate surface area is 247 Å². The van der Waals surface area contributed by atoms with Gasteiger partial charge in [0.1, 0.15) is 5.82 Å². The zero-order valence-electron chi connectivity index (χ0n) is 24.3. The van der Waals surface area contributed by atoms with Crippen molar-refractivity contribution in [3.63, 3.8) is 0 Å². The van der Waals surface area contributed by atoms with Gasteiger partial charge in [-0.05, 0) is 68.7 Å². The highest BCUT2D eigenvalue weighted by molar-refractivity contribution is 6.10. The minimum atomic E-state index is 0.566. The van der Waals surface area contributed by atoms with Gasteiger partial charge in [-0.1, -0.05) is 85.8 Å². The first-order valence-corrected chi connectivity index (χ1v) is 15.4. The van der Waals surface area contributed by atoms with Crippen LogP contribution in [-0.2, 0) is 0 Å². The molecule has 0 radical (unpaired) electrons. The summed E-state index contributed by atoms with van der Waals surface area (Å²) in [5.41, 5.74) is 6.72. The highest BCUT2D eigenvalue weighted by Crippen LogP contribution is 2.44. The molecule has 2 bridgehead atoms. The molecule has 2 aromatic heterocycles. The van der Waals surface area contributed by atoms with Crippen LogP contribution in [0.1, 0.15) is 39.5 Å².